The molecule has 0 saturated carbocycles. The van der Waals surface area contributed by atoms with Gasteiger partial charge in [0.2, 0.25) is 0 Å². The summed E-state index contributed by atoms with van der Waals surface area (Å²) in [5, 5.41) is 2.94. The van der Waals surface area contributed by atoms with Crippen molar-refractivity contribution in [3.05, 3.63) is 65.5 Å². The second-order valence-electron chi connectivity index (χ2n) is 7.13. The number of nitrogens with one attached hydrogen (secondary N) is 3. The van der Waals surface area contributed by atoms with Crippen LogP contribution in [0.1, 0.15) is 22.0 Å². The molecule has 2 aromatic rings. The van der Waals surface area contributed by atoms with Gasteiger partial charge in [0.15, 0.2) is 0 Å². The van der Waals surface area contributed by atoms with Gasteiger partial charge in [-0.25, -0.2) is 4.39 Å². The van der Waals surface area contributed by atoms with Crippen LogP contribution in [-0.2, 0) is 0 Å². The molecule has 2 aromatic carbocycles. The van der Waals surface area contributed by atoms with E-state index >= 15 is 0 Å². The average Bonchev–Trinajstić information content (AvgIpc) is 2.70. The van der Waals surface area contributed by atoms with Crippen molar-refractivity contribution in [1.82, 2.24) is 5.32 Å². The lowest BCUT2D eigenvalue weighted by atomic mass is 10.0. The number of likely N-dealkylation sites (N-methyl/N-ethyl adjacent to an activating group) is 1. The first-order valence-electron chi connectivity index (χ1n) is 9.41. The summed E-state index contributed by atoms with van der Waals surface area (Å²) in [6, 6.07) is 14.2. The maximum Gasteiger partial charge on any atom is 0.254 e. The molecule has 1 amide bonds. The summed E-state index contributed by atoms with van der Waals surface area (Å²) in [6.45, 7) is 4.75. The molecule has 3 N–H and O–H groups in total. The van der Waals surface area contributed by atoms with Gasteiger partial charge in [-0.05, 0) is 36.4 Å². The molecule has 0 spiro atoms. The van der Waals surface area contributed by atoms with Gasteiger partial charge in [-0.3, -0.25) is 4.79 Å². The molecular formula is C21H28FN3O2+2. The molecule has 1 aliphatic rings. The molecule has 1 atom stereocenters. The van der Waals surface area contributed by atoms with E-state index in [-0.39, 0.29) is 17.5 Å². The fraction of sp³-hybridized carbons (Fsp3) is 0.381. The second-order valence-corrected chi connectivity index (χ2v) is 7.13. The first-order chi connectivity index (χ1) is 13.1. The van der Waals surface area contributed by atoms with Gasteiger partial charge >= 0.3 is 0 Å². The van der Waals surface area contributed by atoms with Crippen LogP contribution in [-0.4, -0.2) is 52.8 Å². The number of quaternary nitrogens is 2. The summed E-state index contributed by atoms with van der Waals surface area (Å²) in [6.07, 6.45) is 0. The number of rotatable bonds is 6. The summed E-state index contributed by atoms with van der Waals surface area (Å²) < 4.78 is 19.1. The van der Waals surface area contributed by atoms with Gasteiger partial charge in [0, 0.05) is 5.56 Å². The van der Waals surface area contributed by atoms with E-state index in [1.807, 2.05) is 12.1 Å². The molecule has 1 heterocycles. The van der Waals surface area contributed by atoms with Crippen molar-refractivity contribution < 1.29 is 23.7 Å². The highest BCUT2D eigenvalue weighted by molar-refractivity contribution is 5.94. The van der Waals surface area contributed by atoms with Crippen molar-refractivity contribution >= 4 is 5.91 Å². The maximum absolute atomic E-state index is 13.9. The van der Waals surface area contributed by atoms with E-state index in [0.717, 1.165) is 37.5 Å². The molecule has 3 rings (SSSR count). The Labute approximate surface area is 159 Å². The molecule has 5 nitrogen and oxygen atoms in total. The van der Waals surface area contributed by atoms with Crippen molar-refractivity contribution in [2.24, 2.45) is 0 Å². The third kappa shape index (κ3) is 4.84. The Morgan fingerprint density at radius 2 is 1.78 bits per heavy atom. The van der Waals surface area contributed by atoms with Crippen LogP contribution in [0.25, 0.3) is 0 Å². The number of halogens is 1. The number of benzene rings is 2. The lowest BCUT2D eigenvalue weighted by molar-refractivity contribution is -1.02. The van der Waals surface area contributed by atoms with Crippen LogP contribution in [0.5, 0.6) is 5.75 Å². The second kappa shape index (κ2) is 8.97. The van der Waals surface area contributed by atoms with E-state index in [0.29, 0.717) is 6.54 Å². The predicted molar refractivity (Wildman–Crippen MR) is 102 cm³/mol. The standard InChI is InChI=1S/C21H26FN3O2/c1-24-11-13-25(14-12-24)20(16-7-9-17(27-2)10-8-16)15-23-21(26)18-5-3-4-6-19(18)22/h3-10,20H,11-15H2,1-2H3,(H,23,26)/p+2/t20-/m0/s1. The van der Waals surface area contributed by atoms with Gasteiger partial charge < -0.3 is 19.9 Å². The smallest absolute Gasteiger partial charge is 0.254 e. The van der Waals surface area contributed by atoms with E-state index in [1.165, 1.54) is 21.9 Å². The number of hydrogen-bond donors (Lipinski definition) is 3. The molecular weight excluding hydrogens is 345 g/mol. The van der Waals surface area contributed by atoms with Crippen LogP contribution in [0.4, 0.5) is 4.39 Å². The Morgan fingerprint density at radius 1 is 1.11 bits per heavy atom. The molecule has 0 bridgehead atoms. The van der Waals surface area contributed by atoms with Gasteiger partial charge in [-0.15, -0.1) is 0 Å². The first kappa shape index (κ1) is 19.3. The minimum absolute atomic E-state index is 0.0869. The Morgan fingerprint density at radius 3 is 2.41 bits per heavy atom. The van der Waals surface area contributed by atoms with Crippen LogP contribution >= 0.6 is 0 Å². The predicted octanol–water partition coefficient (Wildman–Crippen LogP) is -0.281. The van der Waals surface area contributed by atoms with Gasteiger partial charge in [0.05, 0.1) is 26.3 Å². The minimum atomic E-state index is -0.494. The maximum atomic E-state index is 13.9. The number of methoxy groups -OCH3 is 1. The van der Waals surface area contributed by atoms with Crippen molar-refractivity contribution in [2.45, 2.75) is 6.04 Å². The third-order valence-electron chi connectivity index (χ3n) is 5.34. The number of piperazine rings is 1. The number of ether oxygens (including phenoxy) is 1. The monoisotopic (exact) mass is 373 g/mol. The van der Waals surface area contributed by atoms with E-state index in [4.69, 9.17) is 4.74 Å². The van der Waals surface area contributed by atoms with Crippen molar-refractivity contribution in [2.75, 3.05) is 46.9 Å². The third-order valence-corrected chi connectivity index (χ3v) is 5.34. The van der Waals surface area contributed by atoms with Crippen molar-refractivity contribution in [1.29, 1.82) is 0 Å². The van der Waals surface area contributed by atoms with Crippen molar-refractivity contribution in [3.8, 4) is 5.75 Å². The quantitative estimate of drug-likeness (QED) is 0.652. The van der Waals surface area contributed by atoms with Crippen LogP contribution in [0.15, 0.2) is 48.5 Å². The number of hydrogen-bond acceptors (Lipinski definition) is 2. The van der Waals surface area contributed by atoms with E-state index in [1.54, 1.807) is 19.2 Å². The zero-order valence-corrected chi connectivity index (χ0v) is 15.9. The molecule has 0 unspecified atom stereocenters. The summed E-state index contributed by atoms with van der Waals surface area (Å²) in [7, 11) is 3.86. The average molecular weight is 373 g/mol. The highest BCUT2D eigenvalue weighted by atomic mass is 19.1. The molecule has 6 heteroatoms. The summed E-state index contributed by atoms with van der Waals surface area (Å²) in [5.41, 5.74) is 1.24. The number of carbonyl (C=O) groups excluding carboxylic acids is 1. The molecule has 0 radical (unpaired) electrons. The Hall–Kier alpha value is -2.44. The minimum Gasteiger partial charge on any atom is -0.497 e. The zero-order valence-electron chi connectivity index (χ0n) is 15.9. The van der Waals surface area contributed by atoms with Crippen LogP contribution in [0, 0.1) is 5.82 Å². The molecule has 0 aromatic heterocycles. The van der Waals surface area contributed by atoms with E-state index in [9.17, 15) is 9.18 Å². The van der Waals surface area contributed by atoms with Gasteiger partial charge in [-0.1, -0.05) is 12.1 Å². The normalized spacial score (nSPS) is 20.7. The SMILES string of the molecule is COc1ccc([C@H](CNC(=O)c2ccccc2F)[NH+]2CC[NH+](C)CC2)cc1. The fourth-order valence-electron chi connectivity index (χ4n) is 3.62. The van der Waals surface area contributed by atoms with Gasteiger partial charge in [0.1, 0.15) is 43.8 Å². The Balaban J connectivity index is 1.75. The molecule has 1 fully saturated rings. The molecule has 0 aliphatic carbocycles. The highest BCUT2D eigenvalue weighted by Gasteiger charge is 2.30. The summed E-state index contributed by atoms with van der Waals surface area (Å²) in [4.78, 5) is 15.4. The molecule has 144 valence electrons. The fourth-order valence-corrected chi connectivity index (χ4v) is 3.62. The first-order valence-corrected chi connectivity index (χ1v) is 9.41. The van der Waals surface area contributed by atoms with Crippen LogP contribution in [0.3, 0.4) is 0 Å². The number of carbonyl (C=O) groups is 1. The summed E-state index contributed by atoms with van der Waals surface area (Å²) in [5.74, 6) is -0.0528. The Kier molecular flexibility index (Phi) is 6.42. The molecule has 1 saturated heterocycles. The topological polar surface area (TPSA) is 47.2 Å². The molecule has 27 heavy (non-hydrogen) atoms. The van der Waals surface area contributed by atoms with Gasteiger partial charge in [-0.2, -0.15) is 0 Å². The highest BCUT2D eigenvalue weighted by Crippen LogP contribution is 2.16. The largest absolute Gasteiger partial charge is 0.497 e. The van der Waals surface area contributed by atoms with Gasteiger partial charge in [0.25, 0.3) is 5.91 Å². The number of amides is 1. The lowest BCUT2D eigenvalue weighted by Crippen LogP contribution is -3.27. The van der Waals surface area contributed by atoms with Crippen LogP contribution in [0.2, 0.25) is 0 Å². The lowest BCUT2D eigenvalue weighted by Gasteiger charge is -2.33. The van der Waals surface area contributed by atoms with E-state index < -0.39 is 5.82 Å². The molecule has 1 aliphatic heterocycles. The van der Waals surface area contributed by atoms with Crippen LogP contribution < -0.4 is 19.9 Å². The van der Waals surface area contributed by atoms with E-state index in [2.05, 4.69) is 24.5 Å². The summed E-state index contributed by atoms with van der Waals surface area (Å²) >= 11 is 0. The van der Waals surface area contributed by atoms with Crippen molar-refractivity contribution in [3.63, 3.8) is 0 Å². The zero-order chi connectivity index (χ0) is 19.2. The Bertz CT molecular complexity index is 758.